The van der Waals surface area contributed by atoms with Gasteiger partial charge >= 0.3 is 5.97 Å². The van der Waals surface area contributed by atoms with Gasteiger partial charge in [0.2, 0.25) is 10.5 Å². The topological polar surface area (TPSA) is 87.9 Å². The molecule has 283 valence electrons. The van der Waals surface area contributed by atoms with Crippen LogP contribution in [0, 0.1) is 10.1 Å². The average Bonchev–Trinajstić information content (AvgIpc) is 3.22. The second kappa shape index (κ2) is 17.7. The molecular weight excluding hydrogens is 715 g/mol. The minimum Gasteiger partial charge on any atom is -0.472 e. The van der Waals surface area contributed by atoms with E-state index in [0.717, 1.165) is 36.0 Å². The summed E-state index contributed by atoms with van der Waals surface area (Å²) in [5, 5.41) is 13.9. The molecule has 7 nitrogen and oxygen atoms in total. The van der Waals surface area contributed by atoms with Crippen molar-refractivity contribution < 1.29 is 23.6 Å². The number of nitro benzene ring substituents is 1. The zero-order valence-corrected chi connectivity index (χ0v) is 33.2. The number of esters is 1. The lowest BCUT2D eigenvalue weighted by atomic mass is 9.76. The Labute approximate surface area is 333 Å². The molecule has 6 aromatic rings. The maximum Gasteiger partial charge on any atom is 0.347 e. The number of nitrogens with zero attached hydrogens (tertiary/aromatic N) is 1. The van der Waals surface area contributed by atoms with E-state index in [9.17, 15) is 10.1 Å². The van der Waals surface area contributed by atoms with Gasteiger partial charge in [0, 0.05) is 22.3 Å². The standard InChI is InChI=1S/C48H46NO6Si/c1-5-6-12-33-39(55-56)41-40(34-23-13-7-14-24-34)44(49(51)52)43(47(2,3)4)45(42(41)46(50)53-38-31-21-11-22-32-38)54-48(35-25-15-8-16-26-35,36-27-17-9-18-28-36)37-29-19-10-20-30-37/h7-11,13-32,39H,5-6,12,33H2,1-4H3. The number of benzene rings is 6. The Morgan fingerprint density at radius 3 is 1.61 bits per heavy atom. The number of ether oxygens (including phenoxy) is 2. The van der Waals surface area contributed by atoms with Crippen molar-refractivity contribution in [2.75, 3.05) is 0 Å². The maximum atomic E-state index is 15.3. The summed E-state index contributed by atoms with van der Waals surface area (Å²) in [7, 11) is 3.38. The molecule has 0 amide bonds. The second-order valence-corrected chi connectivity index (χ2v) is 15.0. The highest BCUT2D eigenvalue weighted by molar-refractivity contribution is 6.02. The van der Waals surface area contributed by atoms with Crippen LogP contribution in [0.3, 0.4) is 0 Å². The molecule has 0 N–H and O–H groups in total. The largest absolute Gasteiger partial charge is 0.472 e. The number of carbonyl (C=O) groups excluding carboxylic acids is 1. The van der Waals surface area contributed by atoms with E-state index in [4.69, 9.17) is 13.9 Å². The predicted octanol–water partition coefficient (Wildman–Crippen LogP) is 11.9. The number of para-hydroxylation sites is 1. The van der Waals surface area contributed by atoms with Gasteiger partial charge in [0.15, 0.2) is 5.60 Å². The number of unbranched alkanes of at least 4 members (excludes halogenated alkanes) is 2. The van der Waals surface area contributed by atoms with Crippen LogP contribution in [0.4, 0.5) is 5.69 Å². The minimum atomic E-state index is -1.41. The highest BCUT2D eigenvalue weighted by Gasteiger charge is 2.47. The first-order chi connectivity index (χ1) is 27.1. The van der Waals surface area contributed by atoms with Gasteiger partial charge in [0.1, 0.15) is 17.1 Å². The van der Waals surface area contributed by atoms with Crippen molar-refractivity contribution in [2.45, 2.75) is 70.5 Å². The molecule has 0 aliphatic rings. The van der Waals surface area contributed by atoms with Gasteiger partial charge in [-0.1, -0.05) is 186 Å². The lowest BCUT2D eigenvalue weighted by Gasteiger charge is -2.39. The fourth-order valence-corrected chi connectivity index (χ4v) is 7.71. The van der Waals surface area contributed by atoms with E-state index in [1.54, 1.807) is 24.3 Å². The Kier molecular flexibility index (Phi) is 12.6. The van der Waals surface area contributed by atoms with Crippen LogP contribution in [0.25, 0.3) is 11.1 Å². The third kappa shape index (κ3) is 8.22. The maximum absolute atomic E-state index is 15.3. The summed E-state index contributed by atoms with van der Waals surface area (Å²) >= 11 is 0. The Bertz CT molecular complexity index is 2130. The predicted molar refractivity (Wildman–Crippen MR) is 222 cm³/mol. The summed E-state index contributed by atoms with van der Waals surface area (Å²) in [6, 6.07) is 47.2. The van der Waals surface area contributed by atoms with Crippen LogP contribution < -0.4 is 9.47 Å². The van der Waals surface area contributed by atoms with Gasteiger partial charge < -0.3 is 13.9 Å². The minimum absolute atomic E-state index is 0.0422. The third-order valence-corrected chi connectivity index (χ3v) is 10.2. The van der Waals surface area contributed by atoms with Crippen LogP contribution >= 0.6 is 0 Å². The number of rotatable bonds is 15. The van der Waals surface area contributed by atoms with Gasteiger partial charge in [-0.15, -0.1) is 0 Å². The van der Waals surface area contributed by atoms with E-state index in [-0.39, 0.29) is 33.1 Å². The van der Waals surface area contributed by atoms with E-state index in [2.05, 4.69) is 17.4 Å². The number of nitro groups is 1. The SMILES string of the molecule is CCCCCC(O[Si])c1c(C(=O)Oc2ccccc2)c(OC(c2ccccc2)(c2ccccc2)c2ccccc2)c(C(C)(C)C)c([N+](=O)[O-])c1-c1ccccc1. The van der Waals surface area contributed by atoms with Crippen molar-refractivity contribution in [3.05, 3.63) is 195 Å². The molecule has 0 heterocycles. The third-order valence-electron chi connectivity index (χ3n) is 9.95. The van der Waals surface area contributed by atoms with Gasteiger partial charge in [0.25, 0.3) is 5.69 Å². The molecule has 0 bridgehead atoms. The molecule has 1 unspecified atom stereocenters. The summed E-state index contributed by atoms with van der Waals surface area (Å²) in [6.45, 7) is 7.81. The molecule has 6 aromatic carbocycles. The molecular formula is C48H46NO6Si. The van der Waals surface area contributed by atoms with E-state index in [1.165, 1.54) is 0 Å². The molecule has 1 atom stereocenters. The Morgan fingerprint density at radius 2 is 1.18 bits per heavy atom. The van der Waals surface area contributed by atoms with Crippen molar-refractivity contribution in [2.24, 2.45) is 0 Å². The lowest BCUT2D eigenvalue weighted by Crippen LogP contribution is -2.38. The number of carbonyl (C=O) groups is 1. The normalized spacial score (nSPS) is 12.2. The van der Waals surface area contributed by atoms with Gasteiger partial charge in [-0.05, 0) is 29.5 Å². The summed E-state index contributed by atoms with van der Waals surface area (Å²) in [5.74, 6) is -0.375. The van der Waals surface area contributed by atoms with Crippen LogP contribution in [0.15, 0.2) is 152 Å². The molecule has 8 heteroatoms. The van der Waals surface area contributed by atoms with Crippen molar-refractivity contribution >= 4 is 22.1 Å². The average molecular weight is 761 g/mol. The molecule has 3 radical (unpaired) electrons. The fraction of sp³-hybridized carbons (Fsp3) is 0.229. The molecule has 0 saturated heterocycles. The van der Waals surface area contributed by atoms with E-state index in [0.29, 0.717) is 23.3 Å². The van der Waals surface area contributed by atoms with Gasteiger partial charge in [-0.3, -0.25) is 10.1 Å². The van der Waals surface area contributed by atoms with Crippen LogP contribution in [0.5, 0.6) is 11.5 Å². The van der Waals surface area contributed by atoms with E-state index in [1.807, 2.05) is 148 Å². The van der Waals surface area contributed by atoms with Crippen molar-refractivity contribution in [1.82, 2.24) is 0 Å². The Balaban J connectivity index is 1.86. The van der Waals surface area contributed by atoms with Crippen molar-refractivity contribution in [1.29, 1.82) is 0 Å². The van der Waals surface area contributed by atoms with Crippen LogP contribution in [0.2, 0.25) is 0 Å². The summed E-state index contributed by atoms with van der Waals surface area (Å²) in [6.07, 6.45) is 2.20. The summed E-state index contributed by atoms with van der Waals surface area (Å²) in [5.41, 5.74) is 1.20. The zero-order chi connectivity index (χ0) is 39.7. The molecule has 0 aromatic heterocycles. The molecule has 0 spiro atoms. The molecule has 0 aliphatic heterocycles. The van der Waals surface area contributed by atoms with E-state index >= 15 is 4.79 Å². The smallest absolute Gasteiger partial charge is 0.347 e. The summed E-state index contributed by atoms with van der Waals surface area (Å²) in [4.78, 5) is 28.8. The van der Waals surface area contributed by atoms with Crippen LogP contribution in [-0.2, 0) is 15.4 Å². The number of hydrogen-bond acceptors (Lipinski definition) is 6. The molecule has 56 heavy (non-hydrogen) atoms. The molecule has 6 rings (SSSR count). The number of hydrogen-bond donors (Lipinski definition) is 0. The highest BCUT2D eigenvalue weighted by Crippen LogP contribution is 2.54. The van der Waals surface area contributed by atoms with Crippen molar-refractivity contribution in [3.8, 4) is 22.6 Å². The fourth-order valence-electron chi connectivity index (χ4n) is 7.47. The van der Waals surface area contributed by atoms with E-state index < -0.39 is 23.1 Å². The van der Waals surface area contributed by atoms with Gasteiger partial charge in [-0.25, -0.2) is 4.79 Å². The second-order valence-electron chi connectivity index (χ2n) is 14.8. The van der Waals surface area contributed by atoms with Crippen LogP contribution in [-0.4, -0.2) is 21.4 Å². The highest BCUT2D eigenvalue weighted by atomic mass is 28.2. The van der Waals surface area contributed by atoms with Crippen molar-refractivity contribution in [3.63, 3.8) is 0 Å². The first-order valence-corrected chi connectivity index (χ1v) is 19.4. The molecule has 0 saturated carbocycles. The first-order valence-electron chi connectivity index (χ1n) is 19.0. The molecule has 0 fully saturated rings. The Hall–Kier alpha value is -5.83. The monoisotopic (exact) mass is 760 g/mol. The summed E-state index contributed by atoms with van der Waals surface area (Å²) < 4.78 is 20.0. The lowest BCUT2D eigenvalue weighted by molar-refractivity contribution is -0.385. The van der Waals surface area contributed by atoms with Gasteiger partial charge in [0.05, 0.1) is 22.2 Å². The quantitative estimate of drug-likeness (QED) is 0.0197. The zero-order valence-electron chi connectivity index (χ0n) is 32.2. The first kappa shape index (κ1) is 39.8. The Morgan fingerprint density at radius 1 is 0.714 bits per heavy atom. The van der Waals surface area contributed by atoms with Crippen LogP contribution in [0.1, 0.15) is 97.7 Å². The van der Waals surface area contributed by atoms with Gasteiger partial charge in [-0.2, -0.15) is 0 Å². The molecule has 0 aliphatic carbocycles.